The summed E-state index contributed by atoms with van der Waals surface area (Å²) in [6.07, 6.45) is 0. The first-order chi connectivity index (χ1) is 17.3. The number of imide groups is 1. The second kappa shape index (κ2) is 8.02. The van der Waals surface area contributed by atoms with E-state index in [9.17, 15) is 19.2 Å². The van der Waals surface area contributed by atoms with Crippen LogP contribution < -0.4 is 0 Å². The van der Waals surface area contributed by atoms with Gasteiger partial charge in [-0.1, -0.05) is 78.9 Å². The molecule has 180 valence electrons. The lowest BCUT2D eigenvalue weighted by Gasteiger charge is -2.54. The number of rotatable bonds is 5. The van der Waals surface area contributed by atoms with Gasteiger partial charge in [-0.2, -0.15) is 0 Å². The van der Waals surface area contributed by atoms with Gasteiger partial charge >= 0.3 is 5.97 Å². The average Bonchev–Trinajstić information content (AvgIpc) is 3.17. The van der Waals surface area contributed by atoms with Gasteiger partial charge in [-0.05, 0) is 22.3 Å². The fourth-order valence-electron chi connectivity index (χ4n) is 5.91. The molecule has 0 unspecified atom stereocenters. The summed E-state index contributed by atoms with van der Waals surface area (Å²) in [5.41, 5.74) is 3.12. The zero-order valence-electron chi connectivity index (χ0n) is 18.8. The summed E-state index contributed by atoms with van der Waals surface area (Å²) in [5.74, 6) is -4.41. The number of likely N-dealkylation sites (tertiary alicyclic amines) is 1. The first-order valence-corrected chi connectivity index (χ1v) is 12.2. The van der Waals surface area contributed by atoms with Gasteiger partial charge in [0, 0.05) is 5.56 Å². The lowest BCUT2D eigenvalue weighted by atomic mass is 9.54. The largest absolute Gasteiger partial charge is 0.456 e. The van der Waals surface area contributed by atoms with E-state index in [1.807, 2.05) is 48.5 Å². The van der Waals surface area contributed by atoms with E-state index in [1.54, 1.807) is 30.3 Å². The SMILES string of the molecule is O=C(CN1C(=O)[C@@H]2[C@@H](C1=O)C1(Cl)c3ccccc3C2(Cl)c2ccccc21)OCC(=O)c1ccccc1. The minimum Gasteiger partial charge on any atom is -0.456 e. The van der Waals surface area contributed by atoms with E-state index >= 15 is 0 Å². The summed E-state index contributed by atoms with van der Waals surface area (Å²) in [5, 5.41) is 0. The van der Waals surface area contributed by atoms with Crippen LogP contribution in [-0.2, 0) is 28.9 Å². The Balaban J connectivity index is 1.32. The number of alkyl halides is 2. The van der Waals surface area contributed by atoms with Crippen LogP contribution in [0, 0.1) is 11.8 Å². The van der Waals surface area contributed by atoms with Crippen molar-refractivity contribution in [2.75, 3.05) is 13.2 Å². The van der Waals surface area contributed by atoms with Crippen molar-refractivity contribution in [1.82, 2.24) is 4.90 Å². The van der Waals surface area contributed by atoms with Gasteiger partial charge in [-0.3, -0.25) is 24.1 Å². The highest BCUT2D eigenvalue weighted by atomic mass is 35.5. The number of ketones is 1. The Hall–Kier alpha value is -3.48. The lowest BCUT2D eigenvalue weighted by Crippen LogP contribution is -2.57. The first kappa shape index (κ1) is 23.0. The second-order valence-corrected chi connectivity index (χ2v) is 10.4. The Morgan fingerprint density at radius 1 is 0.722 bits per heavy atom. The quantitative estimate of drug-likeness (QED) is 0.220. The number of nitrogens with zero attached hydrogens (tertiary/aromatic N) is 1. The maximum Gasteiger partial charge on any atom is 0.326 e. The molecule has 0 N–H and O–H groups in total. The molecule has 2 amide bonds. The molecule has 2 bridgehead atoms. The van der Waals surface area contributed by atoms with E-state index in [-0.39, 0.29) is 5.78 Å². The number of Topliss-reactive ketones (excluding diaryl/α,β-unsaturated/α-hetero) is 1. The monoisotopic (exact) mass is 519 g/mol. The topological polar surface area (TPSA) is 80.8 Å². The fraction of sp³-hybridized carbons (Fsp3) is 0.214. The molecule has 1 heterocycles. The van der Waals surface area contributed by atoms with Gasteiger partial charge in [0.05, 0.1) is 11.8 Å². The van der Waals surface area contributed by atoms with Crippen LogP contribution in [0.4, 0.5) is 0 Å². The van der Waals surface area contributed by atoms with Gasteiger partial charge in [0.25, 0.3) is 0 Å². The van der Waals surface area contributed by atoms with E-state index in [0.717, 1.165) is 4.90 Å². The van der Waals surface area contributed by atoms with Crippen molar-refractivity contribution >= 4 is 46.8 Å². The van der Waals surface area contributed by atoms with E-state index in [0.29, 0.717) is 27.8 Å². The summed E-state index contributed by atoms with van der Waals surface area (Å²) in [4.78, 5) is 50.5. The Kier molecular flexibility index (Phi) is 5.11. The Morgan fingerprint density at radius 2 is 1.14 bits per heavy atom. The van der Waals surface area contributed by atoms with Crippen LogP contribution in [0.15, 0.2) is 78.9 Å². The summed E-state index contributed by atoms with van der Waals surface area (Å²) in [6, 6.07) is 23.0. The molecule has 1 saturated heterocycles. The smallest absolute Gasteiger partial charge is 0.326 e. The zero-order chi connectivity index (χ0) is 25.2. The molecule has 2 atom stereocenters. The van der Waals surface area contributed by atoms with Gasteiger partial charge in [0.15, 0.2) is 12.4 Å². The number of hydrogen-bond acceptors (Lipinski definition) is 5. The molecule has 0 saturated carbocycles. The zero-order valence-corrected chi connectivity index (χ0v) is 20.3. The van der Waals surface area contributed by atoms with E-state index in [2.05, 4.69) is 0 Å². The third-order valence-electron chi connectivity index (χ3n) is 7.42. The standard InChI is InChI=1S/C28H19Cl2NO5/c29-27-17-10-4-5-11-18(17)28(30,20-13-7-6-12-19(20)27)24-23(27)25(34)31(26(24)35)14-22(33)36-15-21(32)16-8-2-1-3-9-16/h1-13,23-24H,14-15H2/t23-,24-,27?,28?/m0/s1. The van der Waals surface area contributed by atoms with Crippen molar-refractivity contribution in [3.05, 3.63) is 107 Å². The van der Waals surface area contributed by atoms with Crippen LogP contribution >= 0.6 is 23.2 Å². The highest BCUT2D eigenvalue weighted by Gasteiger charge is 2.73. The molecule has 0 radical (unpaired) electrons. The van der Waals surface area contributed by atoms with Crippen molar-refractivity contribution in [3.8, 4) is 0 Å². The molecular weight excluding hydrogens is 501 g/mol. The molecule has 3 aliphatic carbocycles. The second-order valence-electron chi connectivity index (χ2n) is 9.18. The van der Waals surface area contributed by atoms with Crippen LogP contribution in [-0.4, -0.2) is 41.6 Å². The highest BCUT2D eigenvalue weighted by molar-refractivity contribution is 6.36. The summed E-state index contributed by atoms with van der Waals surface area (Å²) < 4.78 is 5.11. The normalized spacial score (nSPS) is 27.3. The van der Waals surface area contributed by atoms with Crippen molar-refractivity contribution in [2.24, 2.45) is 11.8 Å². The molecule has 3 aromatic carbocycles. The van der Waals surface area contributed by atoms with Crippen molar-refractivity contribution in [2.45, 2.75) is 9.75 Å². The number of esters is 1. The highest BCUT2D eigenvalue weighted by Crippen LogP contribution is 2.69. The van der Waals surface area contributed by atoms with E-state index in [4.69, 9.17) is 27.9 Å². The fourth-order valence-corrected chi connectivity index (χ4v) is 7.01. The van der Waals surface area contributed by atoms with Gasteiger partial charge < -0.3 is 4.74 Å². The number of carbonyl (C=O) groups excluding carboxylic acids is 4. The first-order valence-electron chi connectivity index (χ1n) is 11.5. The third-order valence-corrected chi connectivity index (χ3v) is 8.71. The van der Waals surface area contributed by atoms with Crippen molar-refractivity contribution in [1.29, 1.82) is 0 Å². The van der Waals surface area contributed by atoms with Gasteiger partial charge in [0.2, 0.25) is 11.8 Å². The molecule has 7 rings (SSSR count). The van der Waals surface area contributed by atoms with Crippen molar-refractivity contribution < 1.29 is 23.9 Å². The van der Waals surface area contributed by atoms with Gasteiger partial charge in [-0.15, -0.1) is 23.2 Å². The molecular formula is C28H19Cl2NO5. The maximum atomic E-state index is 13.7. The molecule has 0 spiro atoms. The number of amides is 2. The number of hydrogen-bond donors (Lipinski definition) is 0. The third kappa shape index (κ3) is 2.91. The number of carbonyl (C=O) groups is 4. The number of benzene rings is 3. The Morgan fingerprint density at radius 3 is 1.58 bits per heavy atom. The van der Waals surface area contributed by atoms with Gasteiger partial charge in [0.1, 0.15) is 16.3 Å². The van der Waals surface area contributed by atoms with Crippen LogP contribution in [0.2, 0.25) is 0 Å². The maximum absolute atomic E-state index is 13.7. The molecule has 1 aliphatic heterocycles. The van der Waals surface area contributed by atoms with Gasteiger partial charge in [-0.25, -0.2) is 0 Å². The minimum absolute atomic E-state index is 0.389. The number of ether oxygens (including phenoxy) is 1. The number of halogens is 2. The molecule has 0 aromatic heterocycles. The Labute approximate surface area is 216 Å². The van der Waals surface area contributed by atoms with E-state index < -0.39 is 52.5 Å². The molecule has 4 aliphatic rings. The van der Waals surface area contributed by atoms with Crippen LogP contribution in [0.3, 0.4) is 0 Å². The van der Waals surface area contributed by atoms with Crippen LogP contribution in [0.5, 0.6) is 0 Å². The molecule has 1 fully saturated rings. The van der Waals surface area contributed by atoms with Crippen LogP contribution in [0.25, 0.3) is 0 Å². The molecule has 36 heavy (non-hydrogen) atoms. The molecule has 3 aromatic rings. The molecule has 6 nitrogen and oxygen atoms in total. The molecule has 8 heteroatoms. The minimum atomic E-state index is -1.32. The predicted molar refractivity (Wildman–Crippen MR) is 132 cm³/mol. The lowest BCUT2D eigenvalue weighted by molar-refractivity contribution is -0.152. The van der Waals surface area contributed by atoms with Crippen molar-refractivity contribution in [3.63, 3.8) is 0 Å². The summed E-state index contributed by atoms with van der Waals surface area (Å²) in [7, 11) is 0. The van der Waals surface area contributed by atoms with E-state index in [1.165, 1.54) is 0 Å². The summed E-state index contributed by atoms with van der Waals surface area (Å²) >= 11 is 14.7. The van der Waals surface area contributed by atoms with Crippen LogP contribution in [0.1, 0.15) is 32.6 Å². The summed E-state index contributed by atoms with van der Waals surface area (Å²) in [6.45, 7) is -1.12. The predicted octanol–water partition coefficient (Wildman–Crippen LogP) is 4.01. The average molecular weight is 520 g/mol. The Bertz CT molecular complexity index is 1330.